The molecule has 0 spiro atoms. The Kier molecular flexibility index (Phi) is 3.67. The van der Waals surface area contributed by atoms with E-state index in [0.29, 0.717) is 5.91 Å². The van der Waals surface area contributed by atoms with E-state index in [1.807, 2.05) is 0 Å². The highest BCUT2D eigenvalue weighted by Gasteiger charge is 2.66. The molecule has 17 heavy (non-hydrogen) atoms. The average molecular weight is 239 g/mol. The van der Waals surface area contributed by atoms with Crippen molar-refractivity contribution in [2.24, 2.45) is 10.8 Å². The summed E-state index contributed by atoms with van der Waals surface area (Å²) in [5.74, 6) is 0.358. The summed E-state index contributed by atoms with van der Waals surface area (Å²) in [5, 5.41) is 0. The average Bonchev–Trinajstić information content (AvgIpc) is 2.47. The van der Waals surface area contributed by atoms with Crippen molar-refractivity contribution in [2.75, 3.05) is 6.54 Å². The zero-order valence-electron chi connectivity index (χ0n) is 12.7. The maximum Gasteiger partial charge on any atom is 0.229 e. The number of rotatable bonds is 4. The first-order valence-electron chi connectivity index (χ1n) is 7.11. The SMILES string of the molecule is CCN1C(=O)C(C)(CC)C(C)(CC)C1(C)CC. The van der Waals surface area contributed by atoms with Crippen molar-refractivity contribution in [3.8, 4) is 0 Å². The lowest BCUT2D eigenvalue weighted by atomic mass is 9.56. The summed E-state index contributed by atoms with van der Waals surface area (Å²) >= 11 is 0. The summed E-state index contributed by atoms with van der Waals surface area (Å²) < 4.78 is 0. The largest absolute Gasteiger partial charge is 0.337 e. The molecule has 2 nitrogen and oxygen atoms in total. The molecule has 0 aliphatic carbocycles. The van der Waals surface area contributed by atoms with E-state index in [9.17, 15) is 4.79 Å². The second-order valence-corrected chi connectivity index (χ2v) is 6.05. The molecule has 1 rings (SSSR count). The zero-order chi connectivity index (χ0) is 13.5. The maximum atomic E-state index is 12.8. The molecule has 1 heterocycles. The number of likely N-dealkylation sites (tertiary alicyclic amines) is 1. The van der Waals surface area contributed by atoms with Crippen LogP contribution in [0.25, 0.3) is 0 Å². The molecule has 0 aromatic rings. The Labute approximate surface area is 107 Å². The van der Waals surface area contributed by atoms with E-state index in [2.05, 4.69) is 53.4 Å². The van der Waals surface area contributed by atoms with Gasteiger partial charge in [-0.25, -0.2) is 0 Å². The fourth-order valence-electron chi connectivity index (χ4n) is 4.04. The minimum atomic E-state index is -0.206. The number of carbonyl (C=O) groups excluding carboxylic acids is 1. The van der Waals surface area contributed by atoms with E-state index >= 15 is 0 Å². The molecule has 0 bridgehead atoms. The number of hydrogen-bond acceptors (Lipinski definition) is 1. The highest BCUT2D eigenvalue weighted by atomic mass is 16.2. The molecule has 3 atom stereocenters. The summed E-state index contributed by atoms with van der Waals surface area (Å²) in [5.41, 5.74) is -0.141. The van der Waals surface area contributed by atoms with Crippen LogP contribution in [-0.4, -0.2) is 22.9 Å². The van der Waals surface area contributed by atoms with Gasteiger partial charge in [-0.15, -0.1) is 0 Å². The molecule has 1 amide bonds. The molecule has 3 unspecified atom stereocenters. The predicted molar refractivity (Wildman–Crippen MR) is 72.9 cm³/mol. The van der Waals surface area contributed by atoms with Crippen molar-refractivity contribution in [1.29, 1.82) is 0 Å². The Morgan fingerprint density at radius 2 is 1.47 bits per heavy atom. The summed E-state index contributed by atoms with van der Waals surface area (Å²) in [6.07, 6.45) is 3.03. The fourth-order valence-corrected chi connectivity index (χ4v) is 4.04. The van der Waals surface area contributed by atoms with Crippen LogP contribution in [0.3, 0.4) is 0 Å². The standard InChI is InChI=1S/C15H29NO/c1-8-13(5)12(17)16(11-4)15(7,10-3)14(13,6)9-2/h8-11H2,1-7H3. The molecule has 0 aromatic heterocycles. The fraction of sp³-hybridized carbons (Fsp3) is 0.933. The molecule has 0 radical (unpaired) electrons. The van der Waals surface area contributed by atoms with E-state index in [-0.39, 0.29) is 16.4 Å². The van der Waals surface area contributed by atoms with E-state index < -0.39 is 0 Å². The molecule has 0 saturated carbocycles. The lowest BCUT2D eigenvalue weighted by Crippen LogP contribution is -2.52. The molecule has 1 fully saturated rings. The molecular weight excluding hydrogens is 210 g/mol. The summed E-state index contributed by atoms with van der Waals surface area (Å²) in [7, 11) is 0. The van der Waals surface area contributed by atoms with Gasteiger partial charge < -0.3 is 4.90 Å². The molecule has 1 aliphatic heterocycles. The first-order valence-corrected chi connectivity index (χ1v) is 7.11. The first-order chi connectivity index (χ1) is 7.79. The number of hydrogen-bond donors (Lipinski definition) is 0. The number of amides is 1. The first kappa shape index (κ1) is 14.5. The van der Waals surface area contributed by atoms with Gasteiger partial charge in [0.25, 0.3) is 0 Å². The van der Waals surface area contributed by atoms with Crippen molar-refractivity contribution in [1.82, 2.24) is 4.90 Å². The molecule has 2 heteroatoms. The van der Waals surface area contributed by atoms with Crippen LogP contribution >= 0.6 is 0 Å². The van der Waals surface area contributed by atoms with Gasteiger partial charge in [0.15, 0.2) is 0 Å². The van der Waals surface area contributed by atoms with E-state index in [1.165, 1.54) is 0 Å². The Hall–Kier alpha value is -0.530. The van der Waals surface area contributed by atoms with Gasteiger partial charge in [-0.1, -0.05) is 34.6 Å². The van der Waals surface area contributed by atoms with Crippen molar-refractivity contribution < 1.29 is 4.79 Å². The van der Waals surface area contributed by atoms with Gasteiger partial charge in [0, 0.05) is 17.5 Å². The maximum absolute atomic E-state index is 12.8. The quantitative estimate of drug-likeness (QED) is 0.729. The van der Waals surface area contributed by atoms with E-state index in [4.69, 9.17) is 0 Å². The van der Waals surface area contributed by atoms with Crippen molar-refractivity contribution in [2.45, 2.75) is 73.3 Å². The minimum Gasteiger partial charge on any atom is -0.337 e. The molecule has 1 saturated heterocycles. The summed E-state index contributed by atoms with van der Waals surface area (Å²) in [6.45, 7) is 16.3. The number of nitrogens with zero attached hydrogens (tertiary/aromatic N) is 1. The third kappa shape index (κ3) is 1.42. The minimum absolute atomic E-state index is 0.00164. The number of carbonyl (C=O) groups is 1. The van der Waals surface area contributed by atoms with Crippen LogP contribution in [0.5, 0.6) is 0 Å². The highest BCUT2D eigenvalue weighted by Crippen LogP contribution is 2.61. The van der Waals surface area contributed by atoms with Gasteiger partial charge >= 0.3 is 0 Å². The van der Waals surface area contributed by atoms with Crippen molar-refractivity contribution in [3.05, 3.63) is 0 Å². The molecule has 100 valence electrons. The third-order valence-electron chi connectivity index (χ3n) is 6.14. The molecule has 0 N–H and O–H groups in total. The van der Waals surface area contributed by atoms with Gasteiger partial charge in [-0.2, -0.15) is 0 Å². The second kappa shape index (κ2) is 4.29. The van der Waals surface area contributed by atoms with Crippen molar-refractivity contribution >= 4 is 5.91 Å². The van der Waals surface area contributed by atoms with Crippen LogP contribution < -0.4 is 0 Å². The monoisotopic (exact) mass is 239 g/mol. The smallest absolute Gasteiger partial charge is 0.229 e. The van der Waals surface area contributed by atoms with Crippen molar-refractivity contribution in [3.63, 3.8) is 0 Å². The second-order valence-electron chi connectivity index (χ2n) is 6.05. The van der Waals surface area contributed by atoms with E-state index in [1.54, 1.807) is 0 Å². The molecule has 1 aliphatic rings. The van der Waals surface area contributed by atoms with Crippen LogP contribution in [0.2, 0.25) is 0 Å². The van der Waals surface area contributed by atoms with Gasteiger partial charge in [0.05, 0.1) is 5.41 Å². The van der Waals surface area contributed by atoms with Crippen LogP contribution in [-0.2, 0) is 4.79 Å². The third-order valence-corrected chi connectivity index (χ3v) is 6.14. The van der Waals surface area contributed by atoms with Gasteiger partial charge in [-0.3, -0.25) is 4.79 Å². The van der Waals surface area contributed by atoms with E-state index in [0.717, 1.165) is 25.8 Å². The topological polar surface area (TPSA) is 20.3 Å². The lowest BCUT2D eigenvalue weighted by molar-refractivity contribution is -0.138. The Balaban J connectivity index is 3.45. The molecular formula is C15H29NO. The van der Waals surface area contributed by atoms with Crippen LogP contribution in [0.4, 0.5) is 0 Å². The Morgan fingerprint density at radius 3 is 1.76 bits per heavy atom. The van der Waals surface area contributed by atoms with Gasteiger partial charge in [0.1, 0.15) is 0 Å². The summed E-state index contributed by atoms with van der Waals surface area (Å²) in [6, 6.07) is 0. The van der Waals surface area contributed by atoms with Gasteiger partial charge in [0.2, 0.25) is 5.91 Å². The highest BCUT2D eigenvalue weighted by molar-refractivity contribution is 5.87. The lowest BCUT2D eigenvalue weighted by Gasteiger charge is -2.48. The summed E-state index contributed by atoms with van der Waals surface area (Å²) in [4.78, 5) is 14.9. The van der Waals surface area contributed by atoms with Gasteiger partial charge in [-0.05, 0) is 33.1 Å². The predicted octanol–water partition coefficient (Wildman–Crippen LogP) is 3.85. The molecule has 0 aromatic carbocycles. The Bertz CT molecular complexity index is 314. The van der Waals surface area contributed by atoms with Crippen LogP contribution in [0.15, 0.2) is 0 Å². The van der Waals surface area contributed by atoms with Crippen LogP contribution in [0, 0.1) is 10.8 Å². The zero-order valence-corrected chi connectivity index (χ0v) is 12.7. The normalized spacial score (nSPS) is 42.3. The van der Waals surface area contributed by atoms with Crippen LogP contribution in [0.1, 0.15) is 67.7 Å². The Morgan fingerprint density at radius 1 is 0.941 bits per heavy atom.